The van der Waals surface area contributed by atoms with Crippen LogP contribution in [0.25, 0.3) is 0 Å². The Kier molecular flexibility index (Phi) is 5.28. The van der Waals surface area contributed by atoms with Crippen LogP contribution in [0.1, 0.15) is 56.8 Å². The van der Waals surface area contributed by atoms with E-state index in [1.165, 1.54) is 19.2 Å². The minimum atomic E-state index is -0.755. The van der Waals surface area contributed by atoms with E-state index in [1.807, 2.05) is 20.8 Å². The zero-order chi connectivity index (χ0) is 20.6. The summed E-state index contributed by atoms with van der Waals surface area (Å²) < 4.78 is 4.66. The first-order valence-electron chi connectivity index (χ1n) is 9.49. The Bertz CT molecular complexity index is 805. The number of imide groups is 1. The molecule has 7 heteroatoms. The molecule has 1 aromatic rings. The van der Waals surface area contributed by atoms with E-state index in [-0.39, 0.29) is 35.6 Å². The summed E-state index contributed by atoms with van der Waals surface area (Å²) in [5.41, 5.74) is 0.533. The molecule has 1 heterocycles. The van der Waals surface area contributed by atoms with Crippen molar-refractivity contribution < 1.29 is 23.9 Å². The van der Waals surface area contributed by atoms with Crippen molar-refractivity contribution in [1.82, 2.24) is 4.90 Å². The summed E-state index contributed by atoms with van der Waals surface area (Å²) in [5.74, 6) is -1.29. The second-order valence-electron chi connectivity index (χ2n) is 8.60. The van der Waals surface area contributed by atoms with Gasteiger partial charge in [-0.15, -0.1) is 0 Å². The number of benzene rings is 1. The zero-order valence-corrected chi connectivity index (χ0v) is 16.7. The Morgan fingerprint density at radius 1 is 1.14 bits per heavy atom. The lowest BCUT2D eigenvalue weighted by Crippen LogP contribution is -2.47. The van der Waals surface area contributed by atoms with Crippen molar-refractivity contribution in [2.75, 3.05) is 12.0 Å². The number of amides is 3. The molecule has 1 aromatic carbocycles. The lowest BCUT2D eigenvalue weighted by molar-refractivity contribution is -0.140. The molecule has 3 amide bonds. The predicted octanol–water partition coefficient (Wildman–Crippen LogP) is 2.53. The normalized spacial score (nSPS) is 19.7. The highest BCUT2D eigenvalue weighted by Crippen LogP contribution is 2.36. The molecule has 7 nitrogen and oxygen atoms in total. The van der Waals surface area contributed by atoms with E-state index in [2.05, 4.69) is 4.74 Å². The van der Waals surface area contributed by atoms with Gasteiger partial charge in [0.15, 0.2) is 0 Å². The Morgan fingerprint density at radius 2 is 1.75 bits per heavy atom. The Hall–Kier alpha value is -2.70. The van der Waals surface area contributed by atoms with Crippen molar-refractivity contribution in [3.8, 4) is 0 Å². The van der Waals surface area contributed by atoms with Crippen molar-refractivity contribution in [3.05, 3.63) is 29.8 Å². The minimum Gasteiger partial charge on any atom is -0.465 e. The minimum absolute atomic E-state index is 0.00995. The summed E-state index contributed by atoms with van der Waals surface area (Å²) in [6.45, 7) is 5.94. The molecule has 0 spiro atoms. The van der Waals surface area contributed by atoms with E-state index in [0.717, 1.165) is 17.7 Å². The quantitative estimate of drug-likeness (QED) is 0.574. The van der Waals surface area contributed by atoms with Gasteiger partial charge in [0.25, 0.3) is 5.91 Å². The third-order valence-corrected chi connectivity index (χ3v) is 4.92. The van der Waals surface area contributed by atoms with Crippen molar-refractivity contribution in [2.45, 2.75) is 58.5 Å². The van der Waals surface area contributed by atoms with Gasteiger partial charge in [0.05, 0.1) is 24.8 Å². The van der Waals surface area contributed by atoms with Crippen molar-refractivity contribution in [3.63, 3.8) is 0 Å². The number of rotatable bonds is 5. The van der Waals surface area contributed by atoms with Gasteiger partial charge in [0.1, 0.15) is 6.04 Å². The van der Waals surface area contributed by atoms with Crippen LogP contribution in [0.15, 0.2) is 24.3 Å². The monoisotopic (exact) mass is 386 g/mol. The molecule has 2 aliphatic rings. The molecular weight excluding hydrogens is 360 g/mol. The molecular formula is C21H26N2O5. The van der Waals surface area contributed by atoms with Gasteiger partial charge in [-0.25, -0.2) is 9.69 Å². The highest BCUT2D eigenvalue weighted by molar-refractivity contribution is 6.23. The molecule has 28 heavy (non-hydrogen) atoms. The van der Waals surface area contributed by atoms with Crippen LogP contribution < -0.4 is 4.90 Å². The lowest BCUT2D eigenvalue weighted by atomic mass is 9.91. The number of nitrogens with zero attached hydrogens (tertiary/aromatic N) is 2. The van der Waals surface area contributed by atoms with E-state index < -0.39 is 12.0 Å². The summed E-state index contributed by atoms with van der Waals surface area (Å²) in [5, 5.41) is 0. The topological polar surface area (TPSA) is 84.0 Å². The summed E-state index contributed by atoms with van der Waals surface area (Å²) in [4.78, 5) is 52.8. The maximum Gasteiger partial charge on any atom is 0.337 e. The number of esters is 1. The number of carbonyl (C=O) groups is 4. The fourth-order valence-corrected chi connectivity index (χ4v) is 3.50. The highest BCUT2D eigenvalue weighted by Gasteiger charge is 2.48. The third kappa shape index (κ3) is 4.08. The SMILES string of the molecule is COC(=O)c1ccc(N2C(=O)CC(N(C(=O)CC(C)(C)C)C3CC3)C2=O)cc1. The lowest BCUT2D eigenvalue weighted by Gasteiger charge is -2.30. The number of ether oxygens (including phenoxy) is 1. The van der Waals surface area contributed by atoms with Gasteiger partial charge in [0, 0.05) is 12.5 Å². The summed E-state index contributed by atoms with van der Waals surface area (Å²) >= 11 is 0. The first-order valence-corrected chi connectivity index (χ1v) is 9.49. The molecule has 2 fully saturated rings. The molecule has 1 saturated carbocycles. The molecule has 0 N–H and O–H groups in total. The molecule has 150 valence electrons. The van der Waals surface area contributed by atoms with Crippen LogP contribution in [-0.4, -0.2) is 47.8 Å². The van der Waals surface area contributed by atoms with E-state index in [0.29, 0.717) is 17.7 Å². The molecule has 1 unspecified atom stereocenters. The van der Waals surface area contributed by atoms with Gasteiger partial charge < -0.3 is 9.64 Å². The first-order chi connectivity index (χ1) is 13.1. The van der Waals surface area contributed by atoms with Gasteiger partial charge in [-0.05, 0) is 42.5 Å². The third-order valence-electron chi connectivity index (χ3n) is 4.92. The van der Waals surface area contributed by atoms with E-state index in [4.69, 9.17) is 0 Å². The molecule has 1 aliphatic heterocycles. The van der Waals surface area contributed by atoms with Gasteiger partial charge in [-0.1, -0.05) is 20.8 Å². The fraction of sp³-hybridized carbons (Fsp3) is 0.524. The first kappa shape index (κ1) is 20.0. The summed E-state index contributed by atoms with van der Waals surface area (Å²) in [6.07, 6.45) is 2.04. The predicted molar refractivity (Wildman–Crippen MR) is 103 cm³/mol. The van der Waals surface area contributed by atoms with Crippen molar-refractivity contribution in [1.29, 1.82) is 0 Å². The summed E-state index contributed by atoms with van der Waals surface area (Å²) in [7, 11) is 1.29. The van der Waals surface area contributed by atoms with Gasteiger partial charge in [-0.3, -0.25) is 14.4 Å². The van der Waals surface area contributed by atoms with Crippen molar-refractivity contribution >= 4 is 29.4 Å². The Morgan fingerprint density at radius 3 is 2.25 bits per heavy atom. The maximum absolute atomic E-state index is 13.1. The molecule has 1 aliphatic carbocycles. The van der Waals surface area contributed by atoms with Crippen LogP contribution in [0.2, 0.25) is 0 Å². The van der Waals surface area contributed by atoms with Gasteiger partial charge in [-0.2, -0.15) is 0 Å². The fourth-order valence-electron chi connectivity index (χ4n) is 3.50. The maximum atomic E-state index is 13.1. The smallest absolute Gasteiger partial charge is 0.337 e. The number of methoxy groups -OCH3 is 1. The number of anilines is 1. The van der Waals surface area contributed by atoms with Gasteiger partial charge in [0.2, 0.25) is 11.8 Å². The van der Waals surface area contributed by atoms with E-state index in [9.17, 15) is 19.2 Å². The van der Waals surface area contributed by atoms with Crippen LogP contribution >= 0.6 is 0 Å². The molecule has 1 saturated heterocycles. The van der Waals surface area contributed by atoms with Crippen LogP contribution in [0.4, 0.5) is 5.69 Å². The molecule has 1 atom stereocenters. The second-order valence-corrected chi connectivity index (χ2v) is 8.60. The van der Waals surface area contributed by atoms with Crippen LogP contribution in [0.5, 0.6) is 0 Å². The average Bonchev–Trinajstić information content (AvgIpc) is 3.39. The zero-order valence-electron chi connectivity index (χ0n) is 16.7. The molecule has 0 radical (unpaired) electrons. The average molecular weight is 386 g/mol. The van der Waals surface area contributed by atoms with Crippen LogP contribution in [0, 0.1) is 5.41 Å². The molecule has 3 rings (SSSR count). The number of carbonyl (C=O) groups excluding carboxylic acids is 4. The second kappa shape index (κ2) is 7.37. The van der Waals surface area contributed by atoms with Gasteiger partial charge >= 0.3 is 5.97 Å². The standard InChI is InChI=1S/C21H26N2O5/c1-21(2,3)12-18(25)22(14-9-10-14)16-11-17(24)23(19(16)26)15-7-5-13(6-8-15)20(27)28-4/h5-8,14,16H,9-12H2,1-4H3. The van der Waals surface area contributed by atoms with Crippen LogP contribution in [0.3, 0.4) is 0 Å². The largest absolute Gasteiger partial charge is 0.465 e. The van der Waals surface area contributed by atoms with E-state index >= 15 is 0 Å². The summed E-state index contributed by atoms with van der Waals surface area (Å²) in [6, 6.07) is 5.40. The van der Waals surface area contributed by atoms with Crippen LogP contribution in [-0.2, 0) is 19.1 Å². The molecule has 0 aromatic heterocycles. The molecule has 0 bridgehead atoms. The van der Waals surface area contributed by atoms with Crippen molar-refractivity contribution in [2.24, 2.45) is 5.41 Å². The highest BCUT2D eigenvalue weighted by atomic mass is 16.5. The Balaban J connectivity index is 1.82. The van der Waals surface area contributed by atoms with E-state index in [1.54, 1.807) is 17.0 Å². The number of hydrogen-bond acceptors (Lipinski definition) is 5. The number of hydrogen-bond donors (Lipinski definition) is 0. The Labute approximate surface area is 164 Å².